The molecular formula is C24H26FN5O2. The normalized spacial score (nSPS) is 12.4. The molecule has 0 saturated heterocycles. The number of hydrogen-bond donors (Lipinski definition) is 1. The summed E-state index contributed by atoms with van der Waals surface area (Å²) in [5.74, 6) is -0.725. The highest BCUT2D eigenvalue weighted by molar-refractivity contribution is 5.95. The average molecular weight is 436 g/mol. The van der Waals surface area contributed by atoms with Crippen LogP contribution in [-0.4, -0.2) is 32.2 Å². The third-order valence-electron chi connectivity index (χ3n) is 5.63. The van der Waals surface area contributed by atoms with Crippen molar-refractivity contribution >= 4 is 28.0 Å². The predicted molar refractivity (Wildman–Crippen MR) is 123 cm³/mol. The highest BCUT2D eigenvalue weighted by Crippen LogP contribution is 2.31. The summed E-state index contributed by atoms with van der Waals surface area (Å²) < 4.78 is 23.2. The molecule has 166 valence electrons. The van der Waals surface area contributed by atoms with Gasteiger partial charge in [-0.2, -0.15) is 0 Å². The molecule has 0 aliphatic heterocycles. The van der Waals surface area contributed by atoms with Gasteiger partial charge in [0.05, 0.1) is 35.1 Å². The lowest BCUT2D eigenvalue weighted by atomic mass is 10.2. The van der Waals surface area contributed by atoms with Crippen LogP contribution >= 0.6 is 0 Å². The average Bonchev–Trinajstić information content (AvgIpc) is 3.29. The Morgan fingerprint density at radius 3 is 2.78 bits per heavy atom. The van der Waals surface area contributed by atoms with Gasteiger partial charge in [-0.3, -0.25) is 0 Å². The highest BCUT2D eigenvalue weighted by atomic mass is 19.1. The van der Waals surface area contributed by atoms with Crippen molar-refractivity contribution in [1.29, 1.82) is 0 Å². The van der Waals surface area contributed by atoms with Gasteiger partial charge in [-0.15, -0.1) is 6.58 Å². The van der Waals surface area contributed by atoms with E-state index in [4.69, 9.17) is 15.7 Å². The third-order valence-corrected chi connectivity index (χ3v) is 5.63. The van der Waals surface area contributed by atoms with Gasteiger partial charge >= 0.3 is 5.97 Å². The maximum atomic E-state index is 14.5. The minimum absolute atomic E-state index is 0.139. The zero-order valence-corrected chi connectivity index (χ0v) is 18.4. The minimum Gasteiger partial charge on any atom is -0.465 e. The predicted octanol–water partition coefficient (Wildman–Crippen LogP) is 4.50. The monoisotopic (exact) mass is 435 g/mol. The quantitative estimate of drug-likeness (QED) is 0.262. The van der Waals surface area contributed by atoms with Crippen LogP contribution in [-0.2, 0) is 18.3 Å². The number of carbonyl (C=O) groups excluding carboxylic acids is 1. The van der Waals surface area contributed by atoms with Crippen molar-refractivity contribution in [2.45, 2.75) is 32.4 Å². The molecule has 32 heavy (non-hydrogen) atoms. The van der Waals surface area contributed by atoms with E-state index in [2.05, 4.69) is 15.9 Å². The largest absolute Gasteiger partial charge is 0.465 e. The zero-order chi connectivity index (χ0) is 23.0. The van der Waals surface area contributed by atoms with Gasteiger partial charge in [-0.05, 0) is 44.0 Å². The van der Waals surface area contributed by atoms with E-state index in [1.165, 1.54) is 19.2 Å². The van der Waals surface area contributed by atoms with E-state index in [1.54, 1.807) is 0 Å². The first kappa shape index (κ1) is 21.7. The van der Waals surface area contributed by atoms with Crippen molar-refractivity contribution in [3.8, 4) is 11.5 Å². The van der Waals surface area contributed by atoms with E-state index in [0.717, 1.165) is 35.3 Å². The molecule has 0 radical (unpaired) electrons. The Morgan fingerprint density at radius 2 is 2.09 bits per heavy atom. The summed E-state index contributed by atoms with van der Waals surface area (Å²) in [4.78, 5) is 21.5. The van der Waals surface area contributed by atoms with Crippen molar-refractivity contribution in [1.82, 2.24) is 19.1 Å². The number of allylic oxidation sites excluding steroid dienone is 1. The van der Waals surface area contributed by atoms with Crippen LogP contribution in [0.2, 0.25) is 0 Å². The number of nitrogens with two attached hydrogens (primary N) is 1. The molecule has 0 amide bonds. The third kappa shape index (κ3) is 3.67. The lowest BCUT2D eigenvalue weighted by Crippen LogP contribution is -2.09. The maximum absolute atomic E-state index is 14.5. The molecule has 0 unspecified atom stereocenters. The molecular weight excluding hydrogens is 409 g/mol. The van der Waals surface area contributed by atoms with Gasteiger partial charge in [-0.25, -0.2) is 19.2 Å². The van der Waals surface area contributed by atoms with Crippen LogP contribution in [0.5, 0.6) is 0 Å². The minimum atomic E-state index is -0.734. The summed E-state index contributed by atoms with van der Waals surface area (Å²) >= 11 is 0. The molecule has 3 aromatic heterocycles. The van der Waals surface area contributed by atoms with Crippen molar-refractivity contribution in [2.75, 3.05) is 7.11 Å². The number of imidazole rings is 1. The van der Waals surface area contributed by atoms with E-state index in [9.17, 15) is 9.18 Å². The van der Waals surface area contributed by atoms with Gasteiger partial charge in [-0.1, -0.05) is 6.08 Å². The zero-order valence-electron chi connectivity index (χ0n) is 18.4. The number of unbranched alkanes of at least 4 members (excludes halogenated alkanes) is 1. The number of fused-ring (bicyclic) bond motifs is 2. The van der Waals surface area contributed by atoms with Gasteiger partial charge < -0.3 is 19.6 Å². The first-order valence-electron chi connectivity index (χ1n) is 10.5. The van der Waals surface area contributed by atoms with Crippen molar-refractivity contribution in [3.05, 3.63) is 60.1 Å². The van der Waals surface area contributed by atoms with Gasteiger partial charge in [0.2, 0.25) is 0 Å². The lowest BCUT2D eigenvalue weighted by molar-refractivity contribution is 0.0595. The fraction of sp³-hybridized carbons (Fsp3) is 0.292. The number of aromatic nitrogens is 4. The fourth-order valence-electron chi connectivity index (χ4n) is 3.91. The summed E-state index contributed by atoms with van der Waals surface area (Å²) in [5.41, 5.74) is 9.50. The number of esters is 1. The Bertz CT molecular complexity index is 1340. The molecule has 8 heteroatoms. The Balaban J connectivity index is 1.93. The molecule has 7 nitrogen and oxygen atoms in total. The molecule has 2 N–H and O–H groups in total. The molecule has 1 atom stereocenters. The number of halogens is 1. The van der Waals surface area contributed by atoms with Gasteiger partial charge in [0.15, 0.2) is 5.82 Å². The summed E-state index contributed by atoms with van der Waals surface area (Å²) in [6.45, 7) is 6.42. The van der Waals surface area contributed by atoms with E-state index < -0.39 is 11.8 Å². The first-order chi connectivity index (χ1) is 15.3. The van der Waals surface area contributed by atoms with Crippen molar-refractivity contribution in [3.63, 3.8) is 0 Å². The van der Waals surface area contributed by atoms with Crippen LogP contribution in [0.4, 0.5) is 4.39 Å². The Labute approximate surface area is 185 Å². The molecule has 0 aliphatic rings. The van der Waals surface area contributed by atoms with E-state index in [-0.39, 0.29) is 11.6 Å². The van der Waals surface area contributed by atoms with E-state index in [0.29, 0.717) is 23.4 Å². The number of nitrogens with zero attached hydrogens (tertiary/aromatic N) is 4. The van der Waals surface area contributed by atoms with Crippen LogP contribution < -0.4 is 5.73 Å². The number of hydrogen-bond acceptors (Lipinski definition) is 5. The topological polar surface area (TPSA) is 88.0 Å². The summed E-state index contributed by atoms with van der Waals surface area (Å²) in [5, 5.41) is 0.969. The molecule has 0 aliphatic carbocycles. The molecule has 0 saturated carbocycles. The highest BCUT2D eigenvalue weighted by Gasteiger charge is 2.21. The number of pyridine rings is 1. The second kappa shape index (κ2) is 8.55. The van der Waals surface area contributed by atoms with Crippen LogP contribution in [0, 0.1) is 5.82 Å². The molecule has 0 fully saturated rings. The second-order valence-electron chi connectivity index (χ2n) is 7.86. The number of ether oxygens (including phenoxy) is 1. The number of benzene rings is 1. The van der Waals surface area contributed by atoms with Crippen molar-refractivity contribution in [2.24, 2.45) is 12.8 Å². The number of carbonyl (C=O) groups is 1. The Morgan fingerprint density at radius 1 is 1.31 bits per heavy atom. The molecule has 4 aromatic rings. The first-order valence-corrected chi connectivity index (χ1v) is 10.5. The van der Waals surface area contributed by atoms with Crippen LogP contribution in [0.15, 0.2) is 43.0 Å². The maximum Gasteiger partial charge on any atom is 0.340 e. The van der Waals surface area contributed by atoms with E-state index >= 15 is 0 Å². The number of aryl methyl sites for hydroxylation is 2. The summed E-state index contributed by atoms with van der Waals surface area (Å²) in [6.07, 6.45) is 3.64. The Hall–Kier alpha value is -3.52. The summed E-state index contributed by atoms with van der Waals surface area (Å²) in [6, 6.07) is 8.52. The molecule has 0 bridgehead atoms. The smallest absolute Gasteiger partial charge is 0.340 e. The molecule has 1 aromatic carbocycles. The van der Waals surface area contributed by atoms with Gasteiger partial charge in [0.25, 0.3) is 0 Å². The SMILES string of the molecule is C=CCCCn1c(-c2nc3cc(C(=O)OC)c(F)cc3n2C)cc2ccc([C@@H](C)N)nc21. The molecule has 0 spiro atoms. The van der Waals surface area contributed by atoms with Crippen LogP contribution in [0.1, 0.15) is 41.9 Å². The summed E-state index contributed by atoms with van der Waals surface area (Å²) in [7, 11) is 3.05. The number of rotatable bonds is 7. The van der Waals surface area contributed by atoms with E-state index in [1.807, 2.05) is 42.8 Å². The fourth-order valence-corrected chi connectivity index (χ4v) is 3.91. The standard InChI is InChI=1S/C24H26FN5O2/c1-5-6-7-10-30-21(11-15-8-9-18(14(2)26)27-22(15)30)23-28-19-12-16(24(31)32-4)17(25)13-20(19)29(23)3/h5,8-9,11-14H,1,6-7,10,26H2,2-4H3/t14-/m1/s1. The van der Waals surface area contributed by atoms with Crippen LogP contribution in [0.3, 0.4) is 0 Å². The molecule has 3 heterocycles. The van der Waals surface area contributed by atoms with Gasteiger partial charge in [0, 0.05) is 31.1 Å². The van der Waals surface area contributed by atoms with Crippen molar-refractivity contribution < 1.29 is 13.9 Å². The number of methoxy groups -OCH3 is 1. The Kier molecular flexibility index (Phi) is 5.80. The molecule has 4 rings (SSSR count). The lowest BCUT2D eigenvalue weighted by Gasteiger charge is -2.11. The van der Waals surface area contributed by atoms with Crippen LogP contribution in [0.25, 0.3) is 33.6 Å². The van der Waals surface area contributed by atoms with Gasteiger partial charge in [0.1, 0.15) is 11.5 Å². The second-order valence-corrected chi connectivity index (χ2v) is 7.86.